The molecule has 102 valence electrons. The SMILES string of the molecule is COc1ccc(-c2csc3nc(C(=O)O)cn23)cc1C. The van der Waals surface area contributed by atoms with Gasteiger partial charge in [-0.3, -0.25) is 4.40 Å². The minimum absolute atomic E-state index is 0.0586. The lowest BCUT2D eigenvalue weighted by molar-refractivity contribution is 0.0691. The van der Waals surface area contributed by atoms with Crippen LogP contribution in [0.3, 0.4) is 0 Å². The molecule has 2 heterocycles. The van der Waals surface area contributed by atoms with Crippen LogP contribution in [0, 0.1) is 6.92 Å². The minimum atomic E-state index is -1.02. The number of methoxy groups -OCH3 is 1. The third-order valence-electron chi connectivity index (χ3n) is 3.12. The molecule has 0 unspecified atom stereocenters. The van der Waals surface area contributed by atoms with E-state index in [1.807, 2.05) is 30.5 Å². The summed E-state index contributed by atoms with van der Waals surface area (Å²) in [5.41, 5.74) is 3.02. The number of hydrogen-bond donors (Lipinski definition) is 1. The van der Waals surface area contributed by atoms with Crippen LogP contribution in [0.15, 0.2) is 29.8 Å². The van der Waals surface area contributed by atoms with Gasteiger partial charge in [-0.2, -0.15) is 0 Å². The molecule has 5 nitrogen and oxygen atoms in total. The first-order chi connectivity index (χ1) is 9.60. The number of benzene rings is 1. The number of nitrogens with zero attached hydrogens (tertiary/aromatic N) is 2. The molecule has 6 heteroatoms. The Kier molecular flexibility index (Phi) is 2.94. The molecule has 0 radical (unpaired) electrons. The van der Waals surface area contributed by atoms with E-state index in [-0.39, 0.29) is 5.69 Å². The van der Waals surface area contributed by atoms with Crippen molar-refractivity contribution in [3.63, 3.8) is 0 Å². The van der Waals surface area contributed by atoms with Crippen LogP contribution in [0.4, 0.5) is 0 Å². The summed E-state index contributed by atoms with van der Waals surface area (Å²) in [7, 11) is 1.64. The van der Waals surface area contributed by atoms with Gasteiger partial charge >= 0.3 is 5.97 Å². The molecule has 3 rings (SSSR count). The first kappa shape index (κ1) is 12.7. The zero-order chi connectivity index (χ0) is 14.3. The number of ether oxygens (including phenoxy) is 1. The average molecular weight is 288 g/mol. The smallest absolute Gasteiger partial charge is 0.356 e. The summed E-state index contributed by atoms with van der Waals surface area (Å²) in [5.74, 6) is -0.185. The van der Waals surface area contributed by atoms with Crippen molar-refractivity contribution < 1.29 is 14.6 Å². The summed E-state index contributed by atoms with van der Waals surface area (Å²) in [6.45, 7) is 1.97. The van der Waals surface area contributed by atoms with Gasteiger partial charge in [0.2, 0.25) is 0 Å². The second-order valence-corrected chi connectivity index (χ2v) is 5.23. The maximum absolute atomic E-state index is 11.0. The Hall–Kier alpha value is -2.34. The fraction of sp³-hybridized carbons (Fsp3) is 0.143. The summed E-state index contributed by atoms with van der Waals surface area (Å²) in [6, 6.07) is 5.87. The molecule has 0 saturated heterocycles. The number of rotatable bonds is 3. The van der Waals surface area contributed by atoms with Crippen LogP contribution in [-0.2, 0) is 0 Å². The average Bonchev–Trinajstić information content (AvgIpc) is 2.98. The summed E-state index contributed by atoms with van der Waals surface area (Å²) >= 11 is 1.42. The Morgan fingerprint density at radius 3 is 2.90 bits per heavy atom. The Morgan fingerprint density at radius 1 is 1.45 bits per heavy atom. The van der Waals surface area contributed by atoms with Gasteiger partial charge in [-0.1, -0.05) is 0 Å². The molecule has 0 atom stereocenters. The van der Waals surface area contributed by atoms with Crippen LogP contribution in [-0.4, -0.2) is 27.6 Å². The van der Waals surface area contributed by atoms with Crippen molar-refractivity contribution >= 4 is 22.3 Å². The predicted octanol–water partition coefficient (Wildman–Crippen LogP) is 3.08. The third-order valence-corrected chi connectivity index (χ3v) is 3.96. The van der Waals surface area contributed by atoms with Crippen LogP contribution >= 0.6 is 11.3 Å². The van der Waals surface area contributed by atoms with Gasteiger partial charge in [0.25, 0.3) is 0 Å². The van der Waals surface area contributed by atoms with E-state index < -0.39 is 5.97 Å². The molecule has 0 bridgehead atoms. The van der Waals surface area contributed by atoms with Crippen LogP contribution in [0.2, 0.25) is 0 Å². The van der Waals surface area contributed by atoms with Gasteiger partial charge < -0.3 is 9.84 Å². The van der Waals surface area contributed by atoms with Crippen molar-refractivity contribution in [2.45, 2.75) is 6.92 Å². The number of carboxylic acids is 1. The first-order valence-corrected chi connectivity index (χ1v) is 6.83. The largest absolute Gasteiger partial charge is 0.496 e. The highest BCUT2D eigenvalue weighted by molar-refractivity contribution is 7.15. The van der Waals surface area contributed by atoms with E-state index >= 15 is 0 Å². The molecule has 2 aromatic heterocycles. The van der Waals surface area contributed by atoms with E-state index in [4.69, 9.17) is 9.84 Å². The highest BCUT2D eigenvalue weighted by Crippen LogP contribution is 2.29. The van der Waals surface area contributed by atoms with Gasteiger partial charge in [0, 0.05) is 11.6 Å². The molecule has 0 fully saturated rings. The topological polar surface area (TPSA) is 63.8 Å². The van der Waals surface area contributed by atoms with E-state index in [0.717, 1.165) is 22.6 Å². The van der Waals surface area contributed by atoms with E-state index in [1.165, 1.54) is 11.3 Å². The van der Waals surface area contributed by atoms with Crippen molar-refractivity contribution in [3.05, 3.63) is 41.0 Å². The number of aromatic carboxylic acids is 1. The van der Waals surface area contributed by atoms with Crippen molar-refractivity contribution in [2.75, 3.05) is 7.11 Å². The molecule has 0 aliphatic carbocycles. The molecule has 1 N–H and O–H groups in total. The number of fused-ring (bicyclic) bond motifs is 1. The monoisotopic (exact) mass is 288 g/mol. The number of hydrogen-bond acceptors (Lipinski definition) is 4. The van der Waals surface area contributed by atoms with Gasteiger partial charge in [-0.15, -0.1) is 11.3 Å². The Labute approximate surface area is 119 Å². The lowest BCUT2D eigenvalue weighted by Gasteiger charge is -2.06. The number of carboxylic acid groups (broad SMARTS) is 1. The predicted molar refractivity (Wildman–Crippen MR) is 76.8 cm³/mol. The van der Waals surface area contributed by atoms with Crippen LogP contribution < -0.4 is 4.74 Å². The molecule has 0 saturated carbocycles. The van der Waals surface area contributed by atoms with Crippen molar-refractivity contribution in [2.24, 2.45) is 0 Å². The summed E-state index contributed by atoms with van der Waals surface area (Å²) in [5, 5.41) is 11.0. The molecular weight excluding hydrogens is 276 g/mol. The number of carbonyl (C=O) groups is 1. The molecule has 1 aromatic carbocycles. The summed E-state index contributed by atoms with van der Waals surface area (Å²) in [6.07, 6.45) is 1.54. The number of thiazole rings is 1. The third kappa shape index (κ3) is 1.94. The van der Waals surface area contributed by atoms with E-state index in [9.17, 15) is 4.79 Å². The Morgan fingerprint density at radius 2 is 2.25 bits per heavy atom. The van der Waals surface area contributed by atoms with Crippen molar-refractivity contribution in [3.8, 4) is 17.0 Å². The quantitative estimate of drug-likeness (QED) is 0.804. The molecule has 0 aliphatic rings. The second-order valence-electron chi connectivity index (χ2n) is 4.39. The maximum atomic E-state index is 11.0. The van der Waals surface area contributed by atoms with E-state index in [0.29, 0.717) is 4.96 Å². The molecule has 3 aromatic rings. The van der Waals surface area contributed by atoms with Gasteiger partial charge in [-0.05, 0) is 36.2 Å². The molecule has 0 spiro atoms. The van der Waals surface area contributed by atoms with Crippen molar-refractivity contribution in [1.29, 1.82) is 0 Å². The molecule has 0 amide bonds. The molecular formula is C14H12N2O3S. The van der Waals surface area contributed by atoms with Gasteiger partial charge in [0.15, 0.2) is 10.7 Å². The van der Waals surface area contributed by atoms with Gasteiger partial charge in [-0.25, -0.2) is 9.78 Å². The number of aryl methyl sites for hydroxylation is 1. The van der Waals surface area contributed by atoms with Gasteiger partial charge in [0.05, 0.1) is 12.8 Å². The standard InChI is InChI=1S/C14H12N2O3S/c1-8-5-9(3-4-12(8)19-2)11-7-20-14-15-10(13(17)18)6-16(11)14/h3-7H,1-2H3,(H,17,18). The van der Waals surface area contributed by atoms with Gasteiger partial charge in [0.1, 0.15) is 5.75 Å². The fourth-order valence-electron chi connectivity index (χ4n) is 2.13. The Balaban J connectivity index is 2.14. The van der Waals surface area contributed by atoms with Crippen LogP contribution in [0.1, 0.15) is 16.1 Å². The fourth-order valence-corrected chi connectivity index (χ4v) is 3.01. The van der Waals surface area contributed by atoms with E-state index in [2.05, 4.69) is 4.98 Å². The lowest BCUT2D eigenvalue weighted by Crippen LogP contribution is -1.95. The lowest BCUT2D eigenvalue weighted by atomic mass is 10.1. The number of imidazole rings is 1. The highest BCUT2D eigenvalue weighted by Gasteiger charge is 2.14. The molecule has 20 heavy (non-hydrogen) atoms. The van der Waals surface area contributed by atoms with Crippen LogP contribution in [0.5, 0.6) is 5.75 Å². The number of aromatic nitrogens is 2. The zero-order valence-corrected chi connectivity index (χ0v) is 11.8. The maximum Gasteiger partial charge on any atom is 0.356 e. The summed E-state index contributed by atoms with van der Waals surface area (Å²) < 4.78 is 7.05. The van der Waals surface area contributed by atoms with E-state index in [1.54, 1.807) is 17.7 Å². The first-order valence-electron chi connectivity index (χ1n) is 5.95. The van der Waals surface area contributed by atoms with Crippen LogP contribution in [0.25, 0.3) is 16.2 Å². The highest BCUT2D eigenvalue weighted by atomic mass is 32.1. The Bertz CT molecular complexity index is 804. The summed E-state index contributed by atoms with van der Waals surface area (Å²) in [4.78, 5) is 15.7. The molecule has 0 aliphatic heterocycles. The van der Waals surface area contributed by atoms with Crippen molar-refractivity contribution in [1.82, 2.24) is 9.38 Å². The second kappa shape index (κ2) is 4.64. The normalized spacial score (nSPS) is 10.9. The minimum Gasteiger partial charge on any atom is -0.496 e. The zero-order valence-electron chi connectivity index (χ0n) is 11.0.